The molecule has 1 aromatic heterocycles. The van der Waals surface area contributed by atoms with E-state index in [1.807, 2.05) is 0 Å². The van der Waals surface area contributed by atoms with Gasteiger partial charge in [0.05, 0.1) is 23.1 Å². The summed E-state index contributed by atoms with van der Waals surface area (Å²) in [7, 11) is -3.13. The molecule has 3 amide bonds. The van der Waals surface area contributed by atoms with Crippen molar-refractivity contribution in [1.29, 1.82) is 0 Å². The van der Waals surface area contributed by atoms with E-state index in [1.165, 1.54) is 30.7 Å². The Morgan fingerprint density at radius 3 is 2.30 bits per heavy atom. The first-order valence-corrected chi connectivity index (χ1v) is 13.1. The van der Waals surface area contributed by atoms with E-state index in [9.17, 15) is 32.8 Å². The number of para-hydroxylation sites is 1. The van der Waals surface area contributed by atoms with Crippen molar-refractivity contribution in [1.82, 2.24) is 30.8 Å². The number of rotatable bonds is 10. The molecule has 0 radical (unpaired) electrons. The number of amides is 3. The van der Waals surface area contributed by atoms with Crippen LogP contribution in [0.2, 0.25) is 0 Å². The van der Waals surface area contributed by atoms with Crippen molar-refractivity contribution in [3.8, 4) is 0 Å². The first-order chi connectivity index (χ1) is 17.1. The number of likely N-dealkylation sites (N-methyl/N-ethyl adjacent to an activating group) is 1. The van der Waals surface area contributed by atoms with Crippen molar-refractivity contribution >= 4 is 38.6 Å². The molecule has 0 saturated heterocycles. The molecule has 0 saturated carbocycles. The van der Waals surface area contributed by atoms with Crippen LogP contribution in [0, 0.1) is 17.3 Å². The molecule has 1 heterocycles. The van der Waals surface area contributed by atoms with Gasteiger partial charge < -0.3 is 15.6 Å². The predicted octanol–water partition coefficient (Wildman–Crippen LogP) is 0.0146. The van der Waals surface area contributed by atoms with Crippen LogP contribution in [0.1, 0.15) is 41.0 Å². The number of hydrogen-bond acceptors (Lipinski definition) is 8. The molecule has 3 atom stereocenters. The zero-order valence-corrected chi connectivity index (χ0v) is 22.4. The van der Waals surface area contributed by atoms with Gasteiger partial charge in [0.1, 0.15) is 17.0 Å². The fourth-order valence-corrected chi connectivity index (χ4v) is 5.29. The highest BCUT2D eigenvalue weighted by atomic mass is 32.2. The van der Waals surface area contributed by atoms with Gasteiger partial charge in [-0.3, -0.25) is 24.4 Å². The lowest BCUT2D eigenvalue weighted by Crippen LogP contribution is -2.59. The van der Waals surface area contributed by atoms with Crippen LogP contribution in [0.25, 0.3) is 10.9 Å². The first-order valence-electron chi connectivity index (χ1n) is 11.6. The lowest BCUT2D eigenvalue weighted by atomic mass is 9.84. The third kappa shape index (κ3) is 7.11. The molecule has 0 aliphatic rings. The number of hydroxylamine groups is 1. The first kappa shape index (κ1) is 29.9. The molecule has 0 spiro atoms. The predicted molar refractivity (Wildman–Crippen MR) is 135 cm³/mol. The van der Waals surface area contributed by atoms with Gasteiger partial charge in [-0.2, -0.15) is 4.72 Å². The van der Waals surface area contributed by atoms with Crippen LogP contribution in [-0.2, 0) is 24.4 Å². The molecular formula is C23H34N6O7S. The standard InChI is InChI=1S/C23H34N6O7S/c1-12(2)10-14(20(31)27-18(22(33)24-6)23(3,4)5)17(21(32)28-34)29-37(35,36)15-9-7-8-13-16(15)25-11-26-19(13)30/h7-9,11-12,14,17-18,29,34H,10H2,1-6H3,(H,24,33)(H,27,31)(H,28,32)(H,25,26,30)/t14?,17-,18+/m0/s1. The van der Waals surface area contributed by atoms with Crippen molar-refractivity contribution in [3.63, 3.8) is 0 Å². The number of aromatic nitrogens is 2. The normalized spacial score (nSPS) is 14.6. The maximum absolute atomic E-state index is 13.5. The van der Waals surface area contributed by atoms with Crippen LogP contribution in [0.15, 0.2) is 34.2 Å². The Balaban J connectivity index is 2.56. The minimum absolute atomic E-state index is 0.00334. The fraction of sp³-hybridized carbons (Fsp3) is 0.522. The lowest BCUT2D eigenvalue weighted by Gasteiger charge is -2.33. The van der Waals surface area contributed by atoms with Crippen LogP contribution >= 0.6 is 0 Å². The molecule has 2 aromatic rings. The molecule has 0 aliphatic carbocycles. The second kappa shape index (κ2) is 11.8. The van der Waals surface area contributed by atoms with E-state index in [4.69, 9.17) is 0 Å². The number of sulfonamides is 1. The third-order valence-corrected chi connectivity index (χ3v) is 7.20. The molecule has 6 N–H and O–H groups in total. The SMILES string of the molecule is CNC(=O)[C@@H](NC(=O)C(CC(C)C)[C@H](NS(=O)(=O)c1cccc2c(=O)[nH]cnc12)C(=O)NO)C(C)(C)C. The number of nitrogens with one attached hydrogen (secondary N) is 5. The minimum atomic E-state index is -4.55. The van der Waals surface area contributed by atoms with Crippen molar-refractivity contribution in [2.75, 3.05) is 7.05 Å². The molecule has 0 fully saturated rings. The maximum atomic E-state index is 13.5. The Bertz CT molecular complexity index is 1320. The molecule has 0 bridgehead atoms. The number of carbonyl (C=O) groups excluding carboxylic acids is 3. The van der Waals surface area contributed by atoms with Gasteiger partial charge in [-0.15, -0.1) is 0 Å². The monoisotopic (exact) mass is 538 g/mol. The summed E-state index contributed by atoms with van der Waals surface area (Å²) in [6, 6.07) is 1.16. The molecule has 1 aromatic carbocycles. The molecule has 13 nitrogen and oxygen atoms in total. The maximum Gasteiger partial charge on any atom is 0.262 e. The Hall–Kier alpha value is -3.36. The number of fused-ring (bicyclic) bond motifs is 1. The van der Waals surface area contributed by atoms with E-state index in [2.05, 4.69) is 25.3 Å². The fourth-order valence-electron chi connectivity index (χ4n) is 3.88. The molecule has 14 heteroatoms. The number of benzene rings is 1. The van der Waals surface area contributed by atoms with Crippen LogP contribution in [0.3, 0.4) is 0 Å². The second-order valence-electron chi connectivity index (χ2n) is 10.1. The molecular weight excluding hydrogens is 504 g/mol. The molecule has 0 aliphatic heterocycles. The topological polar surface area (TPSA) is 199 Å². The summed E-state index contributed by atoms with van der Waals surface area (Å²) in [4.78, 5) is 56.7. The van der Waals surface area contributed by atoms with Crippen molar-refractivity contribution in [2.24, 2.45) is 17.3 Å². The number of aromatic amines is 1. The number of hydrogen-bond donors (Lipinski definition) is 6. The Morgan fingerprint density at radius 2 is 1.76 bits per heavy atom. The summed E-state index contributed by atoms with van der Waals surface area (Å²) in [5, 5.41) is 14.5. The van der Waals surface area contributed by atoms with Gasteiger partial charge >= 0.3 is 0 Å². The summed E-state index contributed by atoms with van der Waals surface area (Å²) in [5.41, 5.74) is -0.00190. The zero-order chi connectivity index (χ0) is 28.1. The largest absolute Gasteiger partial charge is 0.357 e. The van der Waals surface area contributed by atoms with Crippen molar-refractivity contribution in [2.45, 2.75) is 58.0 Å². The molecule has 204 valence electrons. The van der Waals surface area contributed by atoms with E-state index in [1.54, 1.807) is 34.6 Å². The van der Waals surface area contributed by atoms with Gasteiger partial charge in [-0.25, -0.2) is 18.9 Å². The van der Waals surface area contributed by atoms with Crippen molar-refractivity contribution in [3.05, 3.63) is 34.9 Å². The van der Waals surface area contributed by atoms with Crippen LogP contribution < -0.4 is 26.4 Å². The van der Waals surface area contributed by atoms with E-state index < -0.39 is 61.6 Å². The number of H-pyrrole nitrogens is 1. The Kier molecular flexibility index (Phi) is 9.52. The zero-order valence-electron chi connectivity index (χ0n) is 21.6. The molecule has 2 rings (SSSR count). The van der Waals surface area contributed by atoms with E-state index in [0.29, 0.717) is 0 Å². The number of carbonyl (C=O) groups is 3. The Morgan fingerprint density at radius 1 is 1.11 bits per heavy atom. The van der Waals surface area contributed by atoms with E-state index >= 15 is 0 Å². The van der Waals surface area contributed by atoms with Crippen LogP contribution in [0.4, 0.5) is 0 Å². The summed E-state index contributed by atoms with van der Waals surface area (Å²) in [6.07, 6.45) is 1.08. The van der Waals surface area contributed by atoms with Gasteiger partial charge in [-0.1, -0.05) is 40.7 Å². The minimum Gasteiger partial charge on any atom is -0.357 e. The summed E-state index contributed by atoms with van der Waals surface area (Å²) >= 11 is 0. The van der Waals surface area contributed by atoms with E-state index in [-0.39, 0.29) is 23.2 Å². The highest BCUT2D eigenvalue weighted by Crippen LogP contribution is 2.24. The average Bonchev–Trinajstić information content (AvgIpc) is 2.82. The van der Waals surface area contributed by atoms with E-state index in [0.717, 1.165) is 6.33 Å². The molecule has 1 unspecified atom stereocenters. The molecule has 37 heavy (non-hydrogen) atoms. The average molecular weight is 539 g/mol. The van der Waals surface area contributed by atoms with Gasteiger partial charge in [0.15, 0.2) is 0 Å². The summed E-state index contributed by atoms with van der Waals surface area (Å²) < 4.78 is 29.0. The highest BCUT2D eigenvalue weighted by Gasteiger charge is 2.41. The summed E-state index contributed by atoms with van der Waals surface area (Å²) in [6.45, 7) is 8.74. The second-order valence-corrected chi connectivity index (χ2v) is 11.8. The van der Waals surface area contributed by atoms with Gasteiger partial charge in [0, 0.05) is 7.05 Å². The quantitative estimate of drug-likeness (QED) is 0.179. The smallest absolute Gasteiger partial charge is 0.262 e. The summed E-state index contributed by atoms with van der Waals surface area (Å²) in [5.74, 6) is -3.91. The lowest BCUT2D eigenvalue weighted by molar-refractivity contribution is -0.139. The Labute approximate surface area is 214 Å². The highest BCUT2D eigenvalue weighted by molar-refractivity contribution is 7.89. The van der Waals surface area contributed by atoms with Gasteiger partial charge in [0.2, 0.25) is 21.8 Å². The van der Waals surface area contributed by atoms with Gasteiger partial charge in [0.25, 0.3) is 11.5 Å². The van der Waals surface area contributed by atoms with Crippen LogP contribution in [-0.4, -0.2) is 60.4 Å². The number of nitrogens with zero attached hydrogens (tertiary/aromatic N) is 1. The third-order valence-electron chi connectivity index (χ3n) is 5.72. The van der Waals surface area contributed by atoms with Crippen LogP contribution in [0.5, 0.6) is 0 Å². The van der Waals surface area contributed by atoms with Crippen molar-refractivity contribution < 1.29 is 28.0 Å². The van der Waals surface area contributed by atoms with Gasteiger partial charge in [-0.05, 0) is 29.9 Å².